The quantitative estimate of drug-likeness (QED) is 0.852. The van der Waals surface area contributed by atoms with Gasteiger partial charge in [0.05, 0.1) is 5.41 Å². The van der Waals surface area contributed by atoms with Gasteiger partial charge in [0.25, 0.3) is 0 Å². The average molecular weight is 296 g/mol. The molecule has 0 aromatic carbocycles. The molecule has 0 aromatic rings. The summed E-state index contributed by atoms with van der Waals surface area (Å²) in [6.07, 6.45) is 6.93. The van der Waals surface area contributed by atoms with E-state index in [0.717, 1.165) is 32.2 Å². The third-order valence-electron chi connectivity index (χ3n) is 5.08. The van der Waals surface area contributed by atoms with Crippen LogP contribution in [0.25, 0.3) is 0 Å². The number of urea groups is 1. The molecule has 0 bridgehead atoms. The molecule has 2 aliphatic heterocycles. The number of nitrogens with zero attached hydrogens (tertiary/aromatic N) is 2. The highest BCUT2D eigenvalue weighted by molar-refractivity contribution is 5.78. The number of hydrogen-bond acceptors (Lipinski definition) is 2. The third-order valence-corrected chi connectivity index (χ3v) is 5.08. The molecule has 21 heavy (non-hydrogen) atoms. The second-order valence-electron chi connectivity index (χ2n) is 6.78. The third kappa shape index (κ3) is 3.50. The topological polar surface area (TPSA) is 60.9 Å². The molecule has 5 heteroatoms. The Hall–Kier alpha value is -1.26. The van der Waals surface area contributed by atoms with Crippen molar-refractivity contribution in [2.24, 2.45) is 5.41 Å². The van der Waals surface area contributed by atoms with Crippen LogP contribution >= 0.6 is 0 Å². The van der Waals surface area contributed by atoms with Gasteiger partial charge in [-0.1, -0.05) is 19.8 Å². The largest absolute Gasteiger partial charge is 0.481 e. The molecule has 2 atom stereocenters. The fourth-order valence-corrected chi connectivity index (χ4v) is 3.61. The zero-order valence-electron chi connectivity index (χ0n) is 13.3. The smallest absolute Gasteiger partial charge is 0.320 e. The van der Waals surface area contributed by atoms with E-state index in [2.05, 4.69) is 6.92 Å². The van der Waals surface area contributed by atoms with Crippen LogP contribution in [0, 0.1) is 5.41 Å². The number of carbonyl (C=O) groups is 2. The zero-order chi connectivity index (χ0) is 15.5. The number of rotatable bonds is 2. The molecule has 2 aliphatic rings. The molecule has 0 radical (unpaired) electrons. The lowest BCUT2D eigenvalue weighted by molar-refractivity contribution is -0.150. The SMILES string of the molecule is CCC1CCCCCN1C(=O)N1CCCC(C)(C(=O)O)C1. The monoisotopic (exact) mass is 296 g/mol. The molecule has 2 amide bonds. The predicted octanol–water partition coefficient (Wildman–Crippen LogP) is 2.95. The summed E-state index contributed by atoms with van der Waals surface area (Å²) >= 11 is 0. The summed E-state index contributed by atoms with van der Waals surface area (Å²) < 4.78 is 0. The van der Waals surface area contributed by atoms with E-state index in [0.29, 0.717) is 25.6 Å². The number of carboxylic acids is 1. The first-order valence-corrected chi connectivity index (χ1v) is 8.27. The maximum absolute atomic E-state index is 12.8. The van der Waals surface area contributed by atoms with Gasteiger partial charge in [-0.15, -0.1) is 0 Å². The Kier molecular flexibility index (Phi) is 5.12. The van der Waals surface area contributed by atoms with Crippen molar-refractivity contribution >= 4 is 12.0 Å². The van der Waals surface area contributed by atoms with Gasteiger partial charge in [0.2, 0.25) is 0 Å². The molecule has 5 nitrogen and oxygen atoms in total. The van der Waals surface area contributed by atoms with Crippen LogP contribution in [0.4, 0.5) is 4.79 Å². The van der Waals surface area contributed by atoms with Crippen LogP contribution in [0.1, 0.15) is 58.8 Å². The summed E-state index contributed by atoms with van der Waals surface area (Å²) in [6.45, 7) is 5.74. The van der Waals surface area contributed by atoms with Crippen LogP contribution in [0.15, 0.2) is 0 Å². The van der Waals surface area contributed by atoms with Crippen LogP contribution < -0.4 is 0 Å². The molecule has 2 saturated heterocycles. The van der Waals surface area contributed by atoms with E-state index in [9.17, 15) is 14.7 Å². The molecule has 120 valence electrons. The average Bonchev–Trinajstić information content (AvgIpc) is 2.71. The number of aliphatic carboxylic acids is 1. The molecule has 2 heterocycles. The van der Waals surface area contributed by atoms with Crippen molar-refractivity contribution in [1.29, 1.82) is 0 Å². The molecule has 0 spiro atoms. The molecule has 2 rings (SSSR count). The summed E-state index contributed by atoms with van der Waals surface area (Å²) in [6, 6.07) is 0.369. The Morgan fingerprint density at radius 2 is 1.95 bits per heavy atom. The number of carbonyl (C=O) groups excluding carboxylic acids is 1. The van der Waals surface area contributed by atoms with E-state index < -0.39 is 11.4 Å². The maximum atomic E-state index is 12.8. The van der Waals surface area contributed by atoms with E-state index in [-0.39, 0.29) is 6.03 Å². The minimum Gasteiger partial charge on any atom is -0.481 e. The highest BCUT2D eigenvalue weighted by Gasteiger charge is 2.41. The Balaban J connectivity index is 2.08. The molecule has 2 fully saturated rings. The van der Waals surface area contributed by atoms with Crippen molar-refractivity contribution in [2.45, 2.75) is 64.8 Å². The van der Waals surface area contributed by atoms with E-state index in [1.165, 1.54) is 12.8 Å². The molecule has 0 saturated carbocycles. The summed E-state index contributed by atoms with van der Waals surface area (Å²) in [5.41, 5.74) is -0.790. The van der Waals surface area contributed by atoms with Gasteiger partial charge in [-0.3, -0.25) is 4.79 Å². The summed E-state index contributed by atoms with van der Waals surface area (Å²) in [5, 5.41) is 9.40. The summed E-state index contributed by atoms with van der Waals surface area (Å²) in [4.78, 5) is 28.1. The summed E-state index contributed by atoms with van der Waals surface area (Å²) in [7, 11) is 0. The predicted molar refractivity (Wildman–Crippen MR) is 81.2 cm³/mol. The van der Waals surface area contributed by atoms with E-state index >= 15 is 0 Å². The van der Waals surface area contributed by atoms with Gasteiger partial charge in [-0.25, -0.2) is 4.79 Å². The molecule has 0 aliphatic carbocycles. The van der Waals surface area contributed by atoms with Gasteiger partial charge in [0.1, 0.15) is 0 Å². The standard InChI is InChI=1S/C16H28N2O3/c1-3-13-8-5-4-6-11-18(13)15(21)17-10-7-9-16(2,12-17)14(19)20/h13H,3-12H2,1-2H3,(H,19,20). The fraction of sp³-hybridized carbons (Fsp3) is 0.875. The van der Waals surface area contributed by atoms with Crippen LogP contribution in [-0.2, 0) is 4.79 Å². The maximum Gasteiger partial charge on any atom is 0.320 e. The van der Waals surface area contributed by atoms with Gasteiger partial charge < -0.3 is 14.9 Å². The number of amides is 2. The lowest BCUT2D eigenvalue weighted by Crippen LogP contribution is -2.54. The van der Waals surface area contributed by atoms with Crippen molar-refractivity contribution in [3.05, 3.63) is 0 Å². The number of piperidine rings is 1. The first-order valence-electron chi connectivity index (χ1n) is 8.27. The van der Waals surface area contributed by atoms with Crippen molar-refractivity contribution in [3.8, 4) is 0 Å². The normalized spacial score (nSPS) is 30.9. The molecule has 0 aromatic heterocycles. The van der Waals surface area contributed by atoms with Crippen molar-refractivity contribution < 1.29 is 14.7 Å². The van der Waals surface area contributed by atoms with Gasteiger partial charge in [0.15, 0.2) is 0 Å². The first-order chi connectivity index (χ1) is 9.98. The zero-order valence-corrected chi connectivity index (χ0v) is 13.3. The number of hydrogen-bond donors (Lipinski definition) is 1. The highest BCUT2D eigenvalue weighted by atomic mass is 16.4. The highest BCUT2D eigenvalue weighted by Crippen LogP contribution is 2.31. The van der Waals surface area contributed by atoms with E-state index in [1.54, 1.807) is 11.8 Å². The van der Waals surface area contributed by atoms with Crippen molar-refractivity contribution in [2.75, 3.05) is 19.6 Å². The Morgan fingerprint density at radius 3 is 2.62 bits per heavy atom. The Labute approximate surface area is 127 Å². The van der Waals surface area contributed by atoms with Crippen molar-refractivity contribution in [1.82, 2.24) is 9.80 Å². The van der Waals surface area contributed by atoms with Crippen LogP contribution in [0.2, 0.25) is 0 Å². The van der Waals surface area contributed by atoms with Crippen LogP contribution in [0.3, 0.4) is 0 Å². The lowest BCUT2D eigenvalue weighted by atomic mass is 9.82. The molecule has 2 unspecified atom stereocenters. The second kappa shape index (κ2) is 6.67. The van der Waals surface area contributed by atoms with Crippen LogP contribution in [-0.4, -0.2) is 52.6 Å². The Bertz CT molecular complexity index is 399. The van der Waals surface area contributed by atoms with Gasteiger partial charge in [-0.05, 0) is 39.0 Å². The minimum absolute atomic E-state index is 0.0518. The van der Waals surface area contributed by atoms with E-state index in [4.69, 9.17) is 0 Å². The van der Waals surface area contributed by atoms with Gasteiger partial charge in [0, 0.05) is 25.7 Å². The number of carboxylic acid groups (broad SMARTS) is 1. The Morgan fingerprint density at radius 1 is 1.19 bits per heavy atom. The van der Waals surface area contributed by atoms with Crippen LogP contribution in [0.5, 0.6) is 0 Å². The number of likely N-dealkylation sites (tertiary alicyclic amines) is 2. The van der Waals surface area contributed by atoms with Gasteiger partial charge >= 0.3 is 12.0 Å². The van der Waals surface area contributed by atoms with E-state index in [1.807, 2.05) is 4.90 Å². The molecular weight excluding hydrogens is 268 g/mol. The lowest BCUT2D eigenvalue weighted by Gasteiger charge is -2.41. The summed E-state index contributed by atoms with van der Waals surface area (Å²) in [5.74, 6) is -0.789. The fourth-order valence-electron chi connectivity index (χ4n) is 3.61. The van der Waals surface area contributed by atoms with Gasteiger partial charge in [-0.2, -0.15) is 0 Å². The van der Waals surface area contributed by atoms with Crippen molar-refractivity contribution in [3.63, 3.8) is 0 Å². The minimum atomic E-state index is -0.790. The molecular formula is C16H28N2O3. The first kappa shape index (κ1) is 16.1. The second-order valence-corrected chi connectivity index (χ2v) is 6.78. The molecule has 1 N–H and O–H groups in total.